The number of nitrogens with one attached hydrogen (secondary N) is 3. The maximum atomic E-state index is 13.5. The molecule has 26 nitrogen and oxygen atoms in total. The van der Waals surface area contributed by atoms with E-state index in [1.54, 1.807) is 66.3 Å². The van der Waals surface area contributed by atoms with Gasteiger partial charge in [0, 0.05) is 62.6 Å². The number of alkyl carbamates (subject to hydrolysis) is 2. The number of aromatic nitrogens is 10. The average Bonchev–Trinajstić information content (AvgIpc) is 4.50. The van der Waals surface area contributed by atoms with Gasteiger partial charge in [-0.05, 0) is 163 Å². The number of benzene rings is 2. The first-order valence-corrected chi connectivity index (χ1v) is 28.8. The maximum absolute atomic E-state index is 13.5. The molecular formula is C50H65Br2F2N15O11S2. The predicted octanol–water partition coefficient (Wildman–Crippen LogP) is 9.78. The minimum absolute atomic E-state index is 0.0256. The Kier molecular flexibility index (Phi) is 28.5. The van der Waals surface area contributed by atoms with Gasteiger partial charge in [-0.1, -0.05) is 49.5 Å². The predicted molar refractivity (Wildman–Crippen MR) is 307 cm³/mol. The summed E-state index contributed by atoms with van der Waals surface area (Å²) in [6, 6.07) is 7.92. The molecule has 82 heavy (non-hydrogen) atoms. The van der Waals surface area contributed by atoms with Gasteiger partial charge in [0.25, 0.3) is 0 Å². The third-order valence-corrected chi connectivity index (χ3v) is 13.1. The molecule has 0 radical (unpaired) electrons. The second-order valence-corrected chi connectivity index (χ2v) is 22.3. The minimum Gasteiger partial charge on any atom is -0.444 e. The van der Waals surface area contributed by atoms with Crippen molar-refractivity contribution in [2.45, 2.75) is 96.4 Å². The Morgan fingerprint density at radius 1 is 0.756 bits per heavy atom. The molecule has 0 spiro atoms. The van der Waals surface area contributed by atoms with Crippen LogP contribution in [-0.4, -0.2) is 152 Å². The van der Waals surface area contributed by atoms with Crippen molar-refractivity contribution < 1.29 is 56.4 Å². The molecular weight excluding hydrogens is 1250 g/mol. The van der Waals surface area contributed by atoms with E-state index in [0.29, 0.717) is 46.0 Å². The van der Waals surface area contributed by atoms with Gasteiger partial charge in [0.2, 0.25) is 5.82 Å². The molecule has 1 saturated heterocycles. The first kappa shape index (κ1) is 67.7. The molecule has 5 aromatic heterocycles. The summed E-state index contributed by atoms with van der Waals surface area (Å²) in [5.41, 5.74) is 1.80. The standard InChI is InChI=1S/C17H17BrFN5O5S.C16H19BrFN5O4S.C7H6N4O.C6H15N.C4H8O/c1-17(2,3)27-15(25)20-6-7-30-14-12(21-29-23-14)13-22-28-16(26)24(13)9-4-5-11(19)10(18)8-9;1-16(2,3)26-15(24)19-6-7-28-14-12(22-27-23-14)13(21-25)20-9-4-5-11(18)10(17)8-9;12-7(10-3-1-8-5-10)11-4-2-9-6-11;1-4-7(5-2)6-3;1-2-4-5-3-1/h4-5,8H,6-7H2,1-3H3,(H,20,25);4-5,8,25H,6-7H2,1-3H3,(H,19,24)(H,20,21);1-6H;4-6H2,1-3H3;1-4H2. The number of nitrogens with zero attached hydrogens (tertiary/aromatic N) is 12. The number of carbonyl (C=O) groups is 3. The Bertz CT molecular complexity index is 3070. The molecule has 0 saturated carbocycles. The number of carbonyl (C=O) groups excluding carboxylic acids is 3. The lowest BCUT2D eigenvalue weighted by molar-refractivity contribution is 0.0519. The fraction of sp³-hybridized carbons (Fsp3) is 0.440. The number of imidazole rings is 2. The Morgan fingerprint density at radius 3 is 1.74 bits per heavy atom. The summed E-state index contributed by atoms with van der Waals surface area (Å²) in [4.78, 5) is 61.0. The lowest BCUT2D eigenvalue weighted by Gasteiger charge is -2.19. The van der Waals surface area contributed by atoms with Crippen molar-refractivity contribution in [2.75, 3.05) is 57.4 Å². The van der Waals surface area contributed by atoms with Gasteiger partial charge in [-0.25, -0.2) is 56.7 Å². The molecule has 0 unspecified atom stereocenters. The van der Waals surface area contributed by atoms with E-state index in [9.17, 15) is 33.2 Å². The summed E-state index contributed by atoms with van der Waals surface area (Å²) in [6.45, 7) is 23.4. The summed E-state index contributed by atoms with van der Waals surface area (Å²) in [6.07, 6.45) is 10.7. The lowest BCUT2D eigenvalue weighted by Crippen LogP contribution is -2.33. The summed E-state index contributed by atoms with van der Waals surface area (Å²) in [7, 11) is 0. The van der Waals surface area contributed by atoms with Crippen LogP contribution in [0.25, 0.3) is 17.2 Å². The molecule has 4 N–H and O–H groups in total. The van der Waals surface area contributed by atoms with Crippen LogP contribution in [0, 0.1) is 11.6 Å². The van der Waals surface area contributed by atoms with Crippen molar-refractivity contribution in [1.82, 2.24) is 70.5 Å². The van der Waals surface area contributed by atoms with Crippen LogP contribution >= 0.6 is 55.4 Å². The summed E-state index contributed by atoms with van der Waals surface area (Å²) >= 11 is 8.61. The molecule has 0 atom stereocenters. The molecule has 32 heteroatoms. The van der Waals surface area contributed by atoms with E-state index < -0.39 is 40.8 Å². The van der Waals surface area contributed by atoms with Gasteiger partial charge in [-0.15, -0.1) is 0 Å². The van der Waals surface area contributed by atoms with Crippen molar-refractivity contribution in [1.29, 1.82) is 0 Å². The molecule has 0 aliphatic carbocycles. The second-order valence-electron chi connectivity index (χ2n) is 18.4. The smallest absolute Gasteiger partial charge is 0.444 e. The molecule has 7 aromatic rings. The van der Waals surface area contributed by atoms with E-state index in [1.165, 1.54) is 114 Å². The second kappa shape index (κ2) is 34.6. The van der Waals surface area contributed by atoms with Crippen molar-refractivity contribution in [2.24, 2.45) is 4.99 Å². The van der Waals surface area contributed by atoms with Crippen molar-refractivity contribution >= 4 is 85.1 Å². The van der Waals surface area contributed by atoms with E-state index in [4.69, 9.17) is 28.0 Å². The molecule has 446 valence electrons. The van der Waals surface area contributed by atoms with E-state index in [0.717, 1.165) is 17.8 Å². The fourth-order valence-corrected chi connectivity index (χ4v) is 8.42. The molecule has 8 rings (SSSR count). The minimum atomic E-state index is -0.783. The van der Waals surface area contributed by atoms with Crippen molar-refractivity contribution in [3.05, 3.63) is 111 Å². The van der Waals surface area contributed by atoms with Gasteiger partial charge in [-0.2, -0.15) is 0 Å². The largest absolute Gasteiger partial charge is 0.446 e. The number of hydrogen-bond acceptors (Lipinski definition) is 22. The monoisotopic (exact) mass is 1310 g/mol. The van der Waals surface area contributed by atoms with Gasteiger partial charge in [-0.3, -0.25) is 24.3 Å². The van der Waals surface area contributed by atoms with Crippen molar-refractivity contribution in [3.63, 3.8) is 0 Å². The summed E-state index contributed by atoms with van der Waals surface area (Å²) < 4.78 is 60.7. The summed E-state index contributed by atoms with van der Waals surface area (Å²) in [5, 5.41) is 34.2. The zero-order valence-electron chi connectivity index (χ0n) is 46.4. The van der Waals surface area contributed by atoms with Crippen LogP contribution in [-0.2, 0) is 14.2 Å². The number of amidine groups is 1. The Balaban J connectivity index is 0.000000252. The van der Waals surface area contributed by atoms with Gasteiger partial charge >= 0.3 is 24.0 Å². The first-order chi connectivity index (χ1) is 39.1. The number of hydroxylamine groups is 1. The molecule has 1 fully saturated rings. The third kappa shape index (κ3) is 23.6. The Hall–Kier alpha value is -6.84. The van der Waals surface area contributed by atoms with Crippen LogP contribution in [0.1, 0.15) is 80.8 Å². The zero-order valence-corrected chi connectivity index (χ0v) is 51.2. The van der Waals surface area contributed by atoms with E-state index in [-0.39, 0.29) is 38.0 Å². The fourth-order valence-electron chi connectivity index (χ4n) is 6.19. The molecule has 6 heterocycles. The van der Waals surface area contributed by atoms with Crippen LogP contribution in [0.4, 0.5) is 28.9 Å². The number of aliphatic imine (C=N–C) groups is 1. The van der Waals surface area contributed by atoms with Crippen LogP contribution in [0.15, 0.2) is 116 Å². The van der Waals surface area contributed by atoms with Gasteiger partial charge in [0.1, 0.15) is 35.5 Å². The highest BCUT2D eigenvalue weighted by molar-refractivity contribution is 9.10. The van der Waals surface area contributed by atoms with Gasteiger partial charge < -0.3 is 29.7 Å². The quantitative estimate of drug-likeness (QED) is 0.0244. The third-order valence-electron chi connectivity index (χ3n) is 10.0. The van der Waals surface area contributed by atoms with Crippen LogP contribution in [0.3, 0.4) is 0 Å². The van der Waals surface area contributed by atoms with E-state index >= 15 is 0 Å². The van der Waals surface area contributed by atoms with Crippen molar-refractivity contribution in [3.8, 4) is 17.2 Å². The van der Waals surface area contributed by atoms with Gasteiger partial charge in [0.15, 0.2) is 27.3 Å². The molecule has 1 aliphatic heterocycles. The number of hydrogen-bond donors (Lipinski definition) is 4. The van der Waals surface area contributed by atoms with E-state index in [2.05, 4.69) is 109 Å². The van der Waals surface area contributed by atoms with Crippen LogP contribution < -0.4 is 21.9 Å². The molecule has 2 aromatic carbocycles. The average molecular weight is 1310 g/mol. The maximum Gasteiger partial charge on any atom is 0.446 e. The van der Waals surface area contributed by atoms with E-state index in [1.807, 2.05) is 5.48 Å². The highest BCUT2D eigenvalue weighted by Crippen LogP contribution is 2.29. The first-order valence-electron chi connectivity index (χ1n) is 25.2. The molecule has 2 amide bonds. The Morgan fingerprint density at radius 2 is 1.28 bits per heavy atom. The molecule has 1 aliphatic rings. The normalized spacial score (nSPS) is 12.1. The highest BCUT2D eigenvalue weighted by atomic mass is 79.9. The topological polar surface area (TPSA) is 312 Å². The van der Waals surface area contributed by atoms with Gasteiger partial charge in [0.05, 0.1) is 20.3 Å². The number of rotatable bonds is 15. The summed E-state index contributed by atoms with van der Waals surface area (Å²) in [5.74, 6) is -0.819. The lowest BCUT2D eigenvalue weighted by atomic mass is 10.2. The zero-order chi connectivity index (χ0) is 60.2. The number of thioether (sulfide) groups is 2. The number of amides is 2. The molecule has 0 bridgehead atoms. The highest BCUT2D eigenvalue weighted by Gasteiger charge is 2.24. The van der Waals surface area contributed by atoms with Crippen LogP contribution in [0.5, 0.6) is 0 Å². The number of halogens is 4. The SMILES string of the molecule is C1CCOC1.CC(C)(C)OC(=O)NCCSc1nonc1-c1noc(=O)n1-c1ccc(F)c(Br)c1.CC(C)(C)OC(=O)NCCSc1nonc1C(=Nc1ccc(F)c(Br)c1)NO.CCN(CC)CC.O=C(n1ccnc1)n1ccnc1. The van der Waals surface area contributed by atoms with Crippen LogP contribution in [0.2, 0.25) is 0 Å². The number of ether oxygens (including phenoxy) is 3. The Labute approximate surface area is 496 Å².